The molecule has 0 bridgehead atoms. The first-order valence-electron chi connectivity index (χ1n) is 5.29. The van der Waals surface area contributed by atoms with Gasteiger partial charge in [-0.05, 0) is 13.8 Å². The van der Waals surface area contributed by atoms with E-state index in [0.29, 0.717) is 11.5 Å². The Labute approximate surface area is 99.3 Å². The molecular weight excluding hydrogens is 218 g/mol. The van der Waals surface area contributed by atoms with E-state index in [1.807, 2.05) is 27.9 Å². The van der Waals surface area contributed by atoms with Crippen molar-refractivity contribution in [3.63, 3.8) is 0 Å². The summed E-state index contributed by atoms with van der Waals surface area (Å²) in [7, 11) is 3.64. The molecule has 2 rings (SSSR count). The van der Waals surface area contributed by atoms with Crippen LogP contribution in [0.3, 0.4) is 0 Å². The summed E-state index contributed by atoms with van der Waals surface area (Å²) in [5.41, 5.74) is 2.17. The van der Waals surface area contributed by atoms with Gasteiger partial charge in [-0.3, -0.25) is 14.8 Å². The lowest BCUT2D eigenvalue weighted by Gasteiger charge is -2.05. The predicted molar refractivity (Wildman–Crippen MR) is 63.8 cm³/mol. The molecule has 0 unspecified atom stereocenters. The first-order valence-corrected chi connectivity index (χ1v) is 5.29. The van der Waals surface area contributed by atoms with Gasteiger partial charge >= 0.3 is 0 Å². The number of hydrogen-bond donors (Lipinski definition) is 1. The van der Waals surface area contributed by atoms with Crippen molar-refractivity contribution in [2.24, 2.45) is 14.1 Å². The van der Waals surface area contributed by atoms with Gasteiger partial charge in [0.2, 0.25) is 5.95 Å². The molecule has 90 valence electrons. The number of nitrogens with one attached hydrogen (secondary N) is 1. The number of carbonyl (C=O) groups excluding carboxylic acids is 1. The summed E-state index contributed by atoms with van der Waals surface area (Å²) in [6.45, 7) is 3.69. The highest BCUT2D eigenvalue weighted by Crippen LogP contribution is 2.13. The highest BCUT2D eigenvalue weighted by Gasteiger charge is 2.18. The highest BCUT2D eigenvalue weighted by atomic mass is 16.1. The molecule has 0 radical (unpaired) electrons. The van der Waals surface area contributed by atoms with Crippen molar-refractivity contribution in [3.8, 4) is 0 Å². The number of rotatable bonds is 2. The van der Waals surface area contributed by atoms with Gasteiger partial charge in [0, 0.05) is 32.2 Å². The third-order valence-electron chi connectivity index (χ3n) is 2.78. The summed E-state index contributed by atoms with van der Waals surface area (Å²) >= 11 is 0. The largest absolute Gasteiger partial charge is 0.320 e. The molecule has 0 aliphatic rings. The second-order valence-electron chi connectivity index (χ2n) is 3.99. The normalized spacial score (nSPS) is 10.6. The summed E-state index contributed by atoms with van der Waals surface area (Å²) in [6, 6.07) is 0. The van der Waals surface area contributed by atoms with Gasteiger partial charge in [0.25, 0.3) is 5.91 Å². The number of hydrogen-bond acceptors (Lipinski definition) is 3. The van der Waals surface area contributed by atoms with Crippen LogP contribution in [0.15, 0.2) is 12.4 Å². The Hall–Kier alpha value is -2.11. The zero-order valence-corrected chi connectivity index (χ0v) is 10.4. The summed E-state index contributed by atoms with van der Waals surface area (Å²) in [5.74, 6) is 0.347. The molecule has 6 heteroatoms. The first-order chi connectivity index (χ1) is 8.00. The fourth-order valence-electron chi connectivity index (χ4n) is 1.75. The second kappa shape index (κ2) is 4.04. The fraction of sp³-hybridized carbons (Fsp3) is 0.364. The Bertz CT molecular complexity index is 566. The van der Waals surface area contributed by atoms with Crippen LogP contribution in [0.2, 0.25) is 0 Å². The van der Waals surface area contributed by atoms with Crippen LogP contribution in [0.4, 0.5) is 5.95 Å². The molecule has 0 atom stereocenters. The molecule has 0 aromatic carbocycles. The van der Waals surface area contributed by atoms with E-state index in [9.17, 15) is 4.79 Å². The zero-order valence-electron chi connectivity index (χ0n) is 10.4. The average Bonchev–Trinajstić information content (AvgIpc) is 2.74. The van der Waals surface area contributed by atoms with Gasteiger partial charge in [-0.2, -0.15) is 5.10 Å². The minimum absolute atomic E-state index is 0.178. The van der Waals surface area contributed by atoms with Gasteiger partial charge in [-0.1, -0.05) is 0 Å². The topological polar surface area (TPSA) is 64.7 Å². The Morgan fingerprint density at radius 3 is 2.53 bits per heavy atom. The second-order valence-corrected chi connectivity index (χ2v) is 3.99. The summed E-state index contributed by atoms with van der Waals surface area (Å²) in [5, 5.41) is 6.97. The standard InChI is InChI=1S/C11H15N5O/c1-7-9(8(2)16(4)14-7)10(17)13-11-12-5-6-15(11)3/h5-6H,1-4H3,(H,12,13,17). The van der Waals surface area contributed by atoms with Gasteiger partial charge < -0.3 is 4.57 Å². The van der Waals surface area contributed by atoms with Crippen LogP contribution in [0.25, 0.3) is 0 Å². The smallest absolute Gasteiger partial charge is 0.261 e. The van der Waals surface area contributed by atoms with Gasteiger partial charge in [0.15, 0.2) is 0 Å². The summed E-state index contributed by atoms with van der Waals surface area (Å²) in [4.78, 5) is 16.2. The first kappa shape index (κ1) is 11.4. The van der Waals surface area contributed by atoms with Crippen molar-refractivity contribution in [2.75, 3.05) is 5.32 Å². The van der Waals surface area contributed by atoms with Crippen LogP contribution in [-0.4, -0.2) is 25.2 Å². The molecule has 2 heterocycles. The van der Waals surface area contributed by atoms with Gasteiger partial charge in [0.05, 0.1) is 11.3 Å². The van der Waals surface area contributed by atoms with Gasteiger partial charge in [-0.15, -0.1) is 0 Å². The molecule has 0 saturated carbocycles. The molecule has 0 fully saturated rings. The van der Waals surface area contributed by atoms with Crippen molar-refractivity contribution in [3.05, 3.63) is 29.3 Å². The lowest BCUT2D eigenvalue weighted by atomic mass is 10.2. The SMILES string of the molecule is Cc1nn(C)c(C)c1C(=O)Nc1nccn1C. The van der Waals surface area contributed by atoms with Crippen LogP contribution in [0, 0.1) is 13.8 Å². The van der Waals surface area contributed by atoms with E-state index in [0.717, 1.165) is 11.4 Å². The maximum atomic E-state index is 12.1. The Kier molecular flexibility index (Phi) is 2.71. The molecule has 17 heavy (non-hydrogen) atoms. The molecule has 0 spiro atoms. The van der Waals surface area contributed by atoms with E-state index in [1.54, 1.807) is 21.6 Å². The Balaban J connectivity index is 2.29. The van der Waals surface area contributed by atoms with E-state index in [2.05, 4.69) is 15.4 Å². The Morgan fingerprint density at radius 2 is 2.06 bits per heavy atom. The number of nitrogens with zero attached hydrogens (tertiary/aromatic N) is 4. The van der Waals surface area contributed by atoms with Crippen molar-refractivity contribution >= 4 is 11.9 Å². The third-order valence-corrected chi connectivity index (χ3v) is 2.78. The van der Waals surface area contributed by atoms with Crippen LogP contribution >= 0.6 is 0 Å². The van der Waals surface area contributed by atoms with Crippen LogP contribution < -0.4 is 5.32 Å². The van der Waals surface area contributed by atoms with Crippen LogP contribution in [0.5, 0.6) is 0 Å². The van der Waals surface area contributed by atoms with Crippen molar-refractivity contribution in [1.82, 2.24) is 19.3 Å². The number of imidazole rings is 1. The van der Waals surface area contributed by atoms with E-state index >= 15 is 0 Å². The van der Waals surface area contributed by atoms with Crippen molar-refractivity contribution in [1.29, 1.82) is 0 Å². The molecule has 6 nitrogen and oxygen atoms in total. The van der Waals surface area contributed by atoms with Gasteiger partial charge in [-0.25, -0.2) is 4.98 Å². The van der Waals surface area contributed by atoms with E-state index in [1.165, 1.54) is 0 Å². The van der Waals surface area contributed by atoms with E-state index in [4.69, 9.17) is 0 Å². The summed E-state index contributed by atoms with van der Waals surface area (Å²) in [6.07, 6.45) is 3.41. The third kappa shape index (κ3) is 1.93. The molecule has 2 aromatic heterocycles. The zero-order chi connectivity index (χ0) is 12.6. The fourth-order valence-corrected chi connectivity index (χ4v) is 1.75. The van der Waals surface area contributed by atoms with Gasteiger partial charge in [0.1, 0.15) is 0 Å². The molecule has 0 aliphatic carbocycles. The monoisotopic (exact) mass is 233 g/mol. The minimum Gasteiger partial charge on any atom is -0.320 e. The Morgan fingerprint density at radius 1 is 1.35 bits per heavy atom. The number of carbonyl (C=O) groups is 1. The molecule has 1 amide bonds. The van der Waals surface area contributed by atoms with Crippen molar-refractivity contribution < 1.29 is 4.79 Å². The lowest BCUT2D eigenvalue weighted by Crippen LogP contribution is -2.16. The molecule has 0 saturated heterocycles. The number of amides is 1. The molecule has 2 aromatic rings. The highest BCUT2D eigenvalue weighted by molar-refractivity contribution is 6.05. The average molecular weight is 233 g/mol. The minimum atomic E-state index is -0.178. The molecular formula is C11H15N5O. The van der Waals surface area contributed by atoms with Crippen LogP contribution in [-0.2, 0) is 14.1 Å². The van der Waals surface area contributed by atoms with Crippen LogP contribution in [0.1, 0.15) is 21.7 Å². The number of aryl methyl sites for hydroxylation is 3. The summed E-state index contributed by atoms with van der Waals surface area (Å²) < 4.78 is 3.45. The molecule has 0 aliphatic heterocycles. The lowest BCUT2D eigenvalue weighted by molar-refractivity contribution is 0.102. The van der Waals surface area contributed by atoms with E-state index in [-0.39, 0.29) is 5.91 Å². The van der Waals surface area contributed by atoms with E-state index < -0.39 is 0 Å². The number of anilines is 1. The maximum absolute atomic E-state index is 12.1. The predicted octanol–water partition coefficient (Wildman–Crippen LogP) is 1.02. The molecule has 1 N–H and O–H groups in total. The maximum Gasteiger partial charge on any atom is 0.261 e. The van der Waals surface area contributed by atoms with Crippen molar-refractivity contribution in [2.45, 2.75) is 13.8 Å². The quantitative estimate of drug-likeness (QED) is 0.842. The number of aromatic nitrogens is 4.